The molecule has 2 N–H and O–H groups in total. The molecule has 6 heavy (non-hydrogen) atoms. The fourth-order valence-corrected chi connectivity index (χ4v) is 0. The van der Waals surface area contributed by atoms with Gasteiger partial charge in [0.15, 0.2) is 0 Å². The summed E-state index contributed by atoms with van der Waals surface area (Å²) in [5.74, 6) is 0. The van der Waals surface area contributed by atoms with Gasteiger partial charge >= 0.3 is 6.09 Å². The number of nitrogens with one attached hydrogen (secondary N) is 1. The van der Waals surface area contributed by atoms with Gasteiger partial charge in [0, 0.05) is 39.8 Å². The molecule has 0 aliphatic heterocycles. The zero-order chi connectivity index (χ0) is 4.28. The Kier molecular flexibility index (Phi) is 8.62. The number of hydrogen-bond donors (Lipinski definition) is 2. The Morgan fingerprint density at radius 2 is 2.00 bits per heavy atom. The molecule has 0 aromatic rings. The van der Waals surface area contributed by atoms with Crippen molar-refractivity contribution < 1.29 is 42.6 Å². The van der Waals surface area contributed by atoms with Crippen LogP contribution >= 0.6 is 0 Å². The van der Waals surface area contributed by atoms with Crippen molar-refractivity contribution in [2.75, 3.05) is 7.05 Å². The Hall–Kier alpha value is 0.374. The van der Waals surface area contributed by atoms with Crippen LogP contribution in [0.1, 0.15) is 0 Å². The third-order valence-corrected chi connectivity index (χ3v) is 0.214. The fraction of sp³-hybridized carbons (Fsp3) is 0.500. The van der Waals surface area contributed by atoms with Crippen LogP contribution < -0.4 is 5.32 Å². The van der Waals surface area contributed by atoms with Gasteiger partial charge in [-0.2, -0.15) is 0 Å². The van der Waals surface area contributed by atoms with Gasteiger partial charge in [0.25, 0.3) is 0 Å². The second-order valence-electron chi connectivity index (χ2n) is 0.555. The van der Waals surface area contributed by atoms with E-state index in [1.54, 1.807) is 0 Å². The molecule has 0 heterocycles. The fourth-order valence-electron chi connectivity index (χ4n) is 0. The van der Waals surface area contributed by atoms with Crippen LogP contribution in [0.25, 0.3) is 0 Å². The van der Waals surface area contributed by atoms with E-state index in [9.17, 15) is 4.79 Å². The van der Waals surface area contributed by atoms with E-state index in [2.05, 4.69) is 0 Å². The Bertz CT molecular complexity index is 46.8. The zero-order valence-corrected chi connectivity index (χ0v) is 6.27. The van der Waals surface area contributed by atoms with E-state index in [1.165, 1.54) is 7.05 Å². The SMILES string of the molecule is CNC(=O)O.[Y]. The first-order valence-corrected chi connectivity index (χ1v) is 1.18. The molecule has 0 saturated heterocycles. The molecule has 0 spiro atoms. The third-order valence-electron chi connectivity index (χ3n) is 0.214. The molecule has 1 radical (unpaired) electrons. The largest absolute Gasteiger partial charge is 0.465 e. The predicted molar refractivity (Wildman–Crippen MR) is 17.1 cm³/mol. The Morgan fingerprint density at radius 1 is 1.83 bits per heavy atom. The summed E-state index contributed by atoms with van der Waals surface area (Å²) in [4.78, 5) is 9.26. The van der Waals surface area contributed by atoms with E-state index in [4.69, 9.17) is 5.11 Å². The molecule has 33 valence electrons. The third kappa shape index (κ3) is 8.84. The second kappa shape index (κ2) is 5.37. The summed E-state index contributed by atoms with van der Waals surface area (Å²) in [6.07, 6.45) is -0.995. The van der Waals surface area contributed by atoms with Gasteiger partial charge in [-0.05, 0) is 0 Å². The van der Waals surface area contributed by atoms with Crippen molar-refractivity contribution in [1.29, 1.82) is 0 Å². The first-order chi connectivity index (χ1) is 2.27. The van der Waals surface area contributed by atoms with Gasteiger partial charge in [-0.1, -0.05) is 0 Å². The van der Waals surface area contributed by atoms with E-state index in [-0.39, 0.29) is 32.7 Å². The summed E-state index contributed by atoms with van der Waals surface area (Å²) in [6, 6.07) is 0. The molecular weight excluding hydrogens is 159 g/mol. The summed E-state index contributed by atoms with van der Waals surface area (Å²) in [5, 5.41) is 9.56. The van der Waals surface area contributed by atoms with E-state index in [0.717, 1.165) is 0 Å². The summed E-state index contributed by atoms with van der Waals surface area (Å²) in [7, 11) is 1.35. The molecule has 0 saturated carbocycles. The predicted octanol–water partition coefficient (Wildman–Crippen LogP) is -0.119. The van der Waals surface area contributed by atoms with E-state index in [1.807, 2.05) is 5.32 Å². The van der Waals surface area contributed by atoms with Crippen molar-refractivity contribution >= 4 is 6.09 Å². The number of carbonyl (C=O) groups is 1. The monoisotopic (exact) mass is 164 g/mol. The maximum absolute atomic E-state index is 9.26. The van der Waals surface area contributed by atoms with Crippen molar-refractivity contribution in [2.24, 2.45) is 0 Å². The van der Waals surface area contributed by atoms with E-state index >= 15 is 0 Å². The number of carboxylic acid groups (broad SMARTS) is 1. The van der Waals surface area contributed by atoms with Crippen molar-refractivity contribution in [3.63, 3.8) is 0 Å². The van der Waals surface area contributed by atoms with Gasteiger partial charge in [-0.15, -0.1) is 0 Å². The standard InChI is InChI=1S/C2H5NO2.Y/c1-3-2(4)5;/h3H,1H3,(H,4,5);. The Labute approximate surface area is 61.0 Å². The molecule has 1 amide bonds. The molecule has 3 nitrogen and oxygen atoms in total. The Balaban J connectivity index is 0. The van der Waals surface area contributed by atoms with Gasteiger partial charge in [-0.25, -0.2) is 4.79 Å². The van der Waals surface area contributed by atoms with E-state index < -0.39 is 6.09 Å². The van der Waals surface area contributed by atoms with Gasteiger partial charge in [0.1, 0.15) is 0 Å². The normalized spacial score (nSPS) is 5.50. The van der Waals surface area contributed by atoms with Crippen LogP contribution in [0.15, 0.2) is 0 Å². The van der Waals surface area contributed by atoms with Gasteiger partial charge in [0.05, 0.1) is 0 Å². The first kappa shape index (κ1) is 9.62. The van der Waals surface area contributed by atoms with Crippen molar-refractivity contribution in [3.05, 3.63) is 0 Å². The van der Waals surface area contributed by atoms with Gasteiger partial charge < -0.3 is 10.4 Å². The summed E-state index contributed by atoms with van der Waals surface area (Å²) in [5.41, 5.74) is 0. The minimum Gasteiger partial charge on any atom is -0.465 e. The molecule has 0 aromatic heterocycles. The average molecular weight is 164 g/mol. The van der Waals surface area contributed by atoms with Crippen molar-refractivity contribution in [2.45, 2.75) is 0 Å². The minimum atomic E-state index is -0.995. The second-order valence-corrected chi connectivity index (χ2v) is 0.555. The smallest absolute Gasteiger partial charge is 0.404 e. The minimum absolute atomic E-state index is 0. The quantitative estimate of drug-likeness (QED) is 0.524. The molecule has 0 fully saturated rings. The van der Waals surface area contributed by atoms with Gasteiger partial charge in [0.2, 0.25) is 0 Å². The van der Waals surface area contributed by atoms with Crippen LogP contribution in [0.3, 0.4) is 0 Å². The van der Waals surface area contributed by atoms with Crippen LogP contribution in [0.2, 0.25) is 0 Å². The topological polar surface area (TPSA) is 49.3 Å². The van der Waals surface area contributed by atoms with Crippen molar-refractivity contribution in [3.8, 4) is 0 Å². The van der Waals surface area contributed by atoms with Crippen LogP contribution in [0, 0.1) is 0 Å². The van der Waals surface area contributed by atoms with Gasteiger partial charge in [-0.3, -0.25) is 0 Å². The molecule has 0 atom stereocenters. The summed E-state index contributed by atoms with van der Waals surface area (Å²) < 4.78 is 0. The summed E-state index contributed by atoms with van der Waals surface area (Å²) in [6.45, 7) is 0. The molecule has 0 rings (SSSR count). The van der Waals surface area contributed by atoms with Crippen LogP contribution in [0.5, 0.6) is 0 Å². The number of rotatable bonds is 0. The maximum atomic E-state index is 9.26. The van der Waals surface area contributed by atoms with Crippen molar-refractivity contribution in [1.82, 2.24) is 5.32 Å². The zero-order valence-electron chi connectivity index (χ0n) is 3.43. The molecule has 0 unspecified atom stereocenters. The number of hydrogen-bond acceptors (Lipinski definition) is 1. The first-order valence-electron chi connectivity index (χ1n) is 1.18. The maximum Gasteiger partial charge on any atom is 0.404 e. The average Bonchev–Trinajstić information content (AvgIpc) is 1.38. The van der Waals surface area contributed by atoms with Crippen LogP contribution in [0.4, 0.5) is 4.79 Å². The molecule has 0 aliphatic carbocycles. The molecule has 0 aliphatic rings. The summed E-state index contributed by atoms with van der Waals surface area (Å²) >= 11 is 0. The molecular formula is C2H5NO2Y. The van der Waals surface area contributed by atoms with Crippen LogP contribution in [-0.4, -0.2) is 18.2 Å². The Morgan fingerprint density at radius 3 is 2.00 bits per heavy atom. The van der Waals surface area contributed by atoms with Crippen LogP contribution in [-0.2, 0) is 32.7 Å². The van der Waals surface area contributed by atoms with E-state index in [0.29, 0.717) is 0 Å². The molecule has 0 bridgehead atoms. The molecule has 0 aromatic carbocycles. The molecule has 4 heteroatoms. The number of amides is 1.